The van der Waals surface area contributed by atoms with Crippen LogP contribution in [0.3, 0.4) is 0 Å². The van der Waals surface area contributed by atoms with Crippen molar-refractivity contribution in [2.24, 2.45) is 0 Å². The molecule has 2 heterocycles. The summed E-state index contributed by atoms with van der Waals surface area (Å²) in [4.78, 5) is 33.6. The number of aromatic nitrogens is 2. The Balaban J connectivity index is 1.70. The second-order valence-corrected chi connectivity index (χ2v) is 5.34. The first-order valence-corrected chi connectivity index (χ1v) is 7.51. The number of carbonyl (C=O) groups is 2. The molecular weight excluding hydrogens is 268 g/mol. The molecule has 0 aromatic carbocycles. The number of rotatable bonds is 5. The largest absolute Gasteiger partial charge is 0.351 e. The summed E-state index contributed by atoms with van der Waals surface area (Å²) in [6.07, 6.45) is 7.68. The van der Waals surface area contributed by atoms with Gasteiger partial charge in [0, 0.05) is 32.3 Å². The van der Waals surface area contributed by atoms with Crippen LogP contribution in [0.15, 0.2) is 12.4 Å². The number of nitrogens with one attached hydrogen (secondary N) is 1. The zero-order valence-electron chi connectivity index (χ0n) is 12.5. The van der Waals surface area contributed by atoms with Gasteiger partial charge in [0.15, 0.2) is 0 Å². The van der Waals surface area contributed by atoms with Gasteiger partial charge in [-0.15, -0.1) is 0 Å². The van der Waals surface area contributed by atoms with E-state index in [9.17, 15) is 9.59 Å². The molecule has 0 saturated carbocycles. The maximum absolute atomic E-state index is 11.8. The standard InChI is InChI=1S/C15H22N4O2/c1-12-10-18-13(11-17-12)15(21)16-7-5-9-19-8-4-2-3-6-14(19)20/h10-11H,2-9H2,1H3,(H,16,21). The molecule has 2 amide bonds. The van der Waals surface area contributed by atoms with Gasteiger partial charge in [-0.05, 0) is 26.2 Å². The van der Waals surface area contributed by atoms with Gasteiger partial charge in [-0.1, -0.05) is 6.42 Å². The third-order valence-electron chi connectivity index (χ3n) is 3.58. The average molecular weight is 290 g/mol. The van der Waals surface area contributed by atoms with Crippen molar-refractivity contribution in [3.8, 4) is 0 Å². The van der Waals surface area contributed by atoms with Crippen LogP contribution in [0, 0.1) is 6.92 Å². The zero-order valence-corrected chi connectivity index (χ0v) is 12.5. The van der Waals surface area contributed by atoms with E-state index >= 15 is 0 Å². The van der Waals surface area contributed by atoms with Crippen LogP contribution < -0.4 is 5.32 Å². The van der Waals surface area contributed by atoms with E-state index < -0.39 is 0 Å². The van der Waals surface area contributed by atoms with Gasteiger partial charge in [-0.3, -0.25) is 14.6 Å². The Bertz CT molecular complexity index is 487. The molecule has 6 heteroatoms. The number of aryl methyl sites for hydroxylation is 1. The van der Waals surface area contributed by atoms with Crippen LogP contribution in [-0.4, -0.2) is 46.3 Å². The fourth-order valence-electron chi connectivity index (χ4n) is 2.35. The summed E-state index contributed by atoms with van der Waals surface area (Å²) >= 11 is 0. The lowest BCUT2D eigenvalue weighted by molar-refractivity contribution is -0.130. The van der Waals surface area contributed by atoms with E-state index in [-0.39, 0.29) is 11.8 Å². The molecule has 1 aliphatic rings. The number of hydrogen-bond donors (Lipinski definition) is 1. The topological polar surface area (TPSA) is 75.2 Å². The van der Waals surface area contributed by atoms with Crippen molar-refractivity contribution in [1.29, 1.82) is 0 Å². The number of hydrogen-bond acceptors (Lipinski definition) is 4. The van der Waals surface area contributed by atoms with E-state index in [1.54, 1.807) is 6.20 Å². The fraction of sp³-hybridized carbons (Fsp3) is 0.600. The summed E-state index contributed by atoms with van der Waals surface area (Å²) in [7, 11) is 0. The quantitative estimate of drug-likeness (QED) is 0.830. The summed E-state index contributed by atoms with van der Waals surface area (Å²) in [5.41, 5.74) is 1.11. The van der Waals surface area contributed by atoms with Crippen molar-refractivity contribution >= 4 is 11.8 Å². The molecule has 0 atom stereocenters. The van der Waals surface area contributed by atoms with Crippen LogP contribution >= 0.6 is 0 Å². The molecule has 1 fully saturated rings. The second-order valence-electron chi connectivity index (χ2n) is 5.34. The van der Waals surface area contributed by atoms with Gasteiger partial charge in [0.1, 0.15) is 5.69 Å². The molecule has 0 bridgehead atoms. The minimum Gasteiger partial charge on any atom is -0.351 e. The van der Waals surface area contributed by atoms with E-state index in [2.05, 4.69) is 15.3 Å². The molecule has 0 aliphatic carbocycles. The van der Waals surface area contributed by atoms with Crippen LogP contribution in [0.1, 0.15) is 48.3 Å². The van der Waals surface area contributed by atoms with Crippen LogP contribution in [0.2, 0.25) is 0 Å². The SMILES string of the molecule is Cc1cnc(C(=O)NCCCN2CCCCCC2=O)cn1. The van der Waals surface area contributed by atoms with E-state index in [0.717, 1.165) is 37.9 Å². The molecule has 21 heavy (non-hydrogen) atoms. The monoisotopic (exact) mass is 290 g/mol. The molecule has 2 rings (SSSR count). The first kappa shape index (κ1) is 15.4. The number of carbonyl (C=O) groups excluding carboxylic acids is 2. The Hall–Kier alpha value is -1.98. The van der Waals surface area contributed by atoms with E-state index in [1.165, 1.54) is 6.20 Å². The molecule has 1 saturated heterocycles. The van der Waals surface area contributed by atoms with Crippen LogP contribution in [0.4, 0.5) is 0 Å². The highest BCUT2D eigenvalue weighted by atomic mass is 16.2. The number of amides is 2. The first-order chi connectivity index (χ1) is 10.2. The lowest BCUT2D eigenvalue weighted by Gasteiger charge is -2.20. The zero-order chi connectivity index (χ0) is 15.1. The molecule has 1 aliphatic heterocycles. The number of nitrogens with zero attached hydrogens (tertiary/aromatic N) is 3. The van der Waals surface area contributed by atoms with Crippen molar-refractivity contribution in [3.63, 3.8) is 0 Å². The minimum atomic E-state index is -0.218. The van der Waals surface area contributed by atoms with Crippen LogP contribution in [0.25, 0.3) is 0 Å². The van der Waals surface area contributed by atoms with Crippen molar-refractivity contribution in [3.05, 3.63) is 23.8 Å². The van der Waals surface area contributed by atoms with Crippen molar-refractivity contribution < 1.29 is 9.59 Å². The van der Waals surface area contributed by atoms with Crippen molar-refractivity contribution in [2.75, 3.05) is 19.6 Å². The lowest BCUT2D eigenvalue weighted by atomic mass is 10.2. The molecule has 1 N–H and O–H groups in total. The second kappa shape index (κ2) is 7.71. The molecule has 0 spiro atoms. The average Bonchev–Trinajstić information content (AvgIpc) is 2.69. The minimum absolute atomic E-state index is 0.218. The molecule has 114 valence electrons. The third-order valence-corrected chi connectivity index (χ3v) is 3.58. The highest BCUT2D eigenvalue weighted by Gasteiger charge is 2.15. The molecule has 1 aromatic heterocycles. The highest BCUT2D eigenvalue weighted by molar-refractivity contribution is 5.91. The highest BCUT2D eigenvalue weighted by Crippen LogP contribution is 2.11. The van der Waals surface area contributed by atoms with Gasteiger partial charge in [0.25, 0.3) is 5.91 Å². The summed E-state index contributed by atoms with van der Waals surface area (Å²) < 4.78 is 0. The first-order valence-electron chi connectivity index (χ1n) is 7.51. The van der Waals surface area contributed by atoms with E-state index in [4.69, 9.17) is 0 Å². The summed E-state index contributed by atoms with van der Waals surface area (Å²) in [6.45, 7) is 3.92. The maximum atomic E-state index is 11.8. The van der Waals surface area contributed by atoms with Crippen molar-refractivity contribution in [1.82, 2.24) is 20.2 Å². The third kappa shape index (κ3) is 4.81. The lowest BCUT2D eigenvalue weighted by Crippen LogP contribution is -2.34. The Morgan fingerprint density at radius 1 is 1.29 bits per heavy atom. The van der Waals surface area contributed by atoms with E-state index in [1.807, 2.05) is 11.8 Å². The fourth-order valence-corrected chi connectivity index (χ4v) is 2.35. The summed E-state index contributed by atoms with van der Waals surface area (Å²) in [5, 5.41) is 2.81. The van der Waals surface area contributed by atoms with E-state index in [0.29, 0.717) is 25.2 Å². The predicted molar refractivity (Wildman–Crippen MR) is 78.8 cm³/mol. The summed E-state index contributed by atoms with van der Waals surface area (Å²) in [6, 6.07) is 0. The molecule has 6 nitrogen and oxygen atoms in total. The van der Waals surface area contributed by atoms with Gasteiger partial charge in [-0.2, -0.15) is 0 Å². The Morgan fingerprint density at radius 3 is 2.90 bits per heavy atom. The molecular formula is C15H22N4O2. The van der Waals surface area contributed by atoms with Gasteiger partial charge in [-0.25, -0.2) is 4.98 Å². The Morgan fingerprint density at radius 2 is 2.14 bits per heavy atom. The van der Waals surface area contributed by atoms with Crippen molar-refractivity contribution in [2.45, 2.75) is 39.0 Å². The van der Waals surface area contributed by atoms with Crippen LogP contribution in [-0.2, 0) is 4.79 Å². The van der Waals surface area contributed by atoms with Gasteiger partial charge in [0.05, 0.1) is 11.9 Å². The summed E-state index contributed by atoms with van der Waals surface area (Å²) in [5.74, 6) is 0.0212. The Labute approximate surface area is 125 Å². The molecule has 0 radical (unpaired) electrons. The normalized spacial score (nSPS) is 15.7. The van der Waals surface area contributed by atoms with Gasteiger partial charge >= 0.3 is 0 Å². The Kier molecular flexibility index (Phi) is 5.66. The number of likely N-dealkylation sites (tertiary alicyclic amines) is 1. The molecule has 1 aromatic rings. The predicted octanol–water partition coefficient (Wildman–Crippen LogP) is 1.31. The van der Waals surface area contributed by atoms with Crippen LogP contribution in [0.5, 0.6) is 0 Å². The van der Waals surface area contributed by atoms with Gasteiger partial charge < -0.3 is 10.2 Å². The molecule has 0 unspecified atom stereocenters. The van der Waals surface area contributed by atoms with Gasteiger partial charge in [0.2, 0.25) is 5.91 Å². The maximum Gasteiger partial charge on any atom is 0.271 e. The smallest absolute Gasteiger partial charge is 0.271 e.